The SMILES string of the molecule is CC(C)=CCC[C@@H]1C(=O)O[C@H]2C[C@@]3(C)C(C[C@@H](O)[C@H]4[C@@]5(C)CC[C@@H](O[Si](C)(C)C(C)(C)C)[C@@H](C)C5CC[C@@]43C)[C@H]21. The zero-order valence-corrected chi connectivity index (χ0v) is 28.6. The maximum Gasteiger partial charge on any atom is 0.309 e. The second-order valence-electron chi connectivity index (χ2n) is 17.4. The maximum atomic E-state index is 13.0. The second kappa shape index (κ2) is 9.94. The van der Waals surface area contributed by atoms with E-state index in [-0.39, 0.29) is 57.2 Å². The van der Waals surface area contributed by atoms with Gasteiger partial charge in [-0.25, -0.2) is 0 Å². The first-order chi connectivity index (χ1) is 18.4. The molecule has 4 saturated carbocycles. The minimum Gasteiger partial charge on any atom is -0.462 e. The highest BCUT2D eigenvalue weighted by Gasteiger charge is 2.73. The van der Waals surface area contributed by atoms with Crippen LogP contribution in [0.5, 0.6) is 0 Å². The van der Waals surface area contributed by atoms with E-state index in [1.54, 1.807) is 0 Å². The van der Waals surface area contributed by atoms with Crippen molar-refractivity contribution >= 4 is 14.3 Å². The lowest BCUT2D eigenvalue weighted by Gasteiger charge is -2.69. The van der Waals surface area contributed by atoms with Gasteiger partial charge in [-0.2, -0.15) is 0 Å². The Bertz CT molecular complexity index is 1020. The van der Waals surface area contributed by atoms with E-state index in [1.807, 2.05) is 0 Å². The lowest BCUT2D eigenvalue weighted by molar-refractivity contribution is -0.239. The van der Waals surface area contributed by atoms with Crippen LogP contribution in [0.15, 0.2) is 11.6 Å². The van der Waals surface area contributed by atoms with Gasteiger partial charge in [-0.1, -0.05) is 60.1 Å². The topological polar surface area (TPSA) is 55.8 Å². The van der Waals surface area contributed by atoms with Crippen LogP contribution in [0.25, 0.3) is 0 Å². The molecule has 40 heavy (non-hydrogen) atoms. The number of aliphatic hydroxyl groups is 1. The van der Waals surface area contributed by atoms with E-state index in [9.17, 15) is 9.90 Å². The molecule has 5 rings (SSSR count). The number of carbonyl (C=O) groups excluding carboxylic acids is 1. The smallest absolute Gasteiger partial charge is 0.309 e. The fraction of sp³-hybridized carbons (Fsp3) is 0.914. The molecular formula is C35H60O4Si. The number of carbonyl (C=O) groups is 1. The molecule has 0 spiro atoms. The largest absolute Gasteiger partial charge is 0.462 e. The number of rotatable bonds is 5. The van der Waals surface area contributed by atoms with Crippen molar-refractivity contribution in [2.45, 2.75) is 150 Å². The van der Waals surface area contributed by atoms with Gasteiger partial charge in [0, 0.05) is 12.0 Å². The number of hydrogen-bond acceptors (Lipinski definition) is 4. The lowest BCUT2D eigenvalue weighted by Crippen LogP contribution is -2.66. The van der Waals surface area contributed by atoms with Gasteiger partial charge in [0.2, 0.25) is 0 Å². The lowest BCUT2D eigenvalue weighted by atomic mass is 9.36. The molecule has 1 aliphatic heterocycles. The van der Waals surface area contributed by atoms with Crippen LogP contribution in [0.2, 0.25) is 18.1 Å². The summed E-state index contributed by atoms with van der Waals surface area (Å²) in [5.41, 5.74) is 1.57. The van der Waals surface area contributed by atoms with Gasteiger partial charge in [0.15, 0.2) is 8.32 Å². The quantitative estimate of drug-likeness (QED) is 0.204. The molecule has 228 valence electrons. The van der Waals surface area contributed by atoms with Crippen molar-refractivity contribution in [3.05, 3.63) is 11.6 Å². The van der Waals surface area contributed by atoms with E-state index >= 15 is 0 Å². The number of fused-ring (bicyclic) bond motifs is 7. The molecule has 1 heterocycles. The zero-order valence-electron chi connectivity index (χ0n) is 27.6. The number of esters is 1. The van der Waals surface area contributed by atoms with Gasteiger partial charge in [0.1, 0.15) is 6.10 Å². The molecule has 0 amide bonds. The van der Waals surface area contributed by atoms with E-state index in [2.05, 4.69) is 81.5 Å². The minimum atomic E-state index is -1.84. The molecule has 5 heteroatoms. The standard InChI is InChI=1S/C35H60O4Si/c1-21(2)13-12-14-23-29-25-19-26(36)30-33(7)17-16-27(39-40(10,11)32(4,5)6)22(3)24(33)15-18-34(30,8)35(25,9)20-28(29)38-31(23)37/h13,22-30,36H,12,14-20H2,1-11H3/t22-,23-,24?,25?,26+,27+,28-,29+,30-,33-,34-,35-/m0/s1. The van der Waals surface area contributed by atoms with Gasteiger partial charge in [0.25, 0.3) is 0 Å². The summed E-state index contributed by atoms with van der Waals surface area (Å²) in [7, 11) is -1.84. The van der Waals surface area contributed by atoms with Gasteiger partial charge in [-0.3, -0.25) is 4.79 Å². The molecular weight excluding hydrogens is 512 g/mol. The molecule has 0 radical (unpaired) electrons. The van der Waals surface area contributed by atoms with Crippen molar-refractivity contribution < 1.29 is 19.1 Å². The van der Waals surface area contributed by atoms with Crippen molar-refractivity contribution in [3.8, 4) is 0 Å². The van der Waals surface area contributed by atoms with Gasteiger partial charge in [-0.15, -0.1) is 0 Å². The Morgan fingerprint density at radius 2 is 1.77 bits per heavy atom. The highest BCUT2D eigenvalue weighted by molar-refractivity contribution is 6.74. The highest BCUT2D eigenvalue weighted by atomic mass is 28.4. The molecule has 0 aromatic carbocycles. The summed E-state index contributed by atoms with van der Waals surface area (Å²) in [5.74, 6) is 1.99. The van der Waals surface area contributed by atoms with Crippen molar-refractivity contribution in [1.82, 2.24) is 0 Å². The van der Waals surface area contributed by atoms with Crippen LogP contribution < -0.4 is 0 Å². The monoisotopic (exact) mass is 572 g/mol. The van der Waals surface area contributed by atoms with Gasteiger partial charge in [0.05, 0.1) is 12.0 Å². The van der Waals surface area contributed by atoms with E-state index < -0.39 is 8.32 Å². The fourth-order valence-electron chi connectivity index (χ4n) is 11.1. The Kier molecular flexibility index (Phi) is 7.65. The van der Waals surface area contributed by atoms with Crippen molar-refractivity contribution in [2.75, 3.05) is 0 Å². The molecule has 5 aliphatic rings. The maximum absolute atomic E-state index is 13.0. The molecule has 0 bridgehead atoms. The minimum absolute atomic E-state index is 0.0188. The predicted octanol–water partition coefficient (Wildman–Crippen LogP) is 8.54. The summed E-state index contributed by atoms with van der Waals surface area (Å²) >= 11 is 0. The van der Waals surface area contributed by atoms with Crippen LogP contribution in [0.4, 0.5) is 0 Å². The first kappa shape index (κ1) is 30.8. The molecule has 0 aromatic heterocycles. The van der Waals surface area contributed by atoms with Crippen molar-refractivity contribution in [2.24, 2.45) is 51.8 Å². The molecule has 0 aromatic rings. The predicted molar refractivity (Wildman–Crippen MR) is 165 cm³/mol. The average Bonchev–Trinajstić information content (AvgIpc) is 3.26. The Balaban J connectivity index is 1.41. The zero-order chi connectivity index (χ0) is 29.6. The molecule has 1 saturated heterocycles. The third kappa shape index (κ3) is 4.45. The Morgan fingerprint density at radius 1 is 1.10 bits per heavy atom. The number of aliphatic hydroxyl groups excluding tert-OH is 1. The third-order valence-corrected chi connectivity index (χ3v) is 18.8. The van der Waals surface area contributed by atoms with Crippen LogP contribution in [-0.2, 0) is 14.0 Å². The molecule has 12 atom stereocenters. The highest BCUT2D eigenvalue weighted by Crippen LogP contribution is 2.75. The van der Waals surface area contributed by atoms with E-state index in [0.29, 0.717) is 23.9 Å². The molecule has 4 nitrogen and oxygen atoms in total. The van der Waals surface area contributed by atoms with E-state index in [4.69, 9.17) is 9.16 Å². The summed E-state index contributed by atoms with van der Waals surface area (Å²) in [6.07, 6.45) is 10.6. The van der Waals surface area contributed by atoms with Gasteiger partial charge < -0.3 is 14.3 Å². The van der Waals surface area contributed by atoms with Crippen LogP contribution in [0.1, 0.15) is 114 Å². The van der Waals surface area contributed by atoms with Crippen LogP contribution in [0.3, 0.4) is 0 Å². The van der Waals surface area contributed by atoms with Crippen molar-refractivity contribution in [3.63, 3.8) is 0 Å². The van der Waals surface area contributed by atoms with Crippen LogP contribution in [-0.4, -0.2) is 37.7 Å². The Hall–Kier alpha value is -0.653. The summed E-state index contributed by atoms with van der Waals surface area (Å²) in [4.78, 5) is 13.0. The van der Waals surface area contributed by atoms with E-state index in [0.717, 1.165) is 44.9 Å². The Morgan fingerprint density at radius 3 is 2.40 bits per heavy atom. The Labute approximate surface area is 246 Å². The summed E-state index contributed by atoms with van der Waals surface area (Å²) in [6.45, 7) is 26.1. The van der Waals surface area contributed by atoms with Crippen LogP contribution >= 0.6 is 0 Å². The van der Waals surface area contributed by atoms with E-state index in [1.165, 1.54) is 12.0 Å². The van der Waals surface area contributed by atoms with Gasteiger partial charge in [-0.05, 0) is 123 Å². The molecule has 2 unspecified atom stereocenters. The van der Waals surface area contributed by atoms with Crippen LogP contribution in [0, 0.1) is 51.8 Å². The molecule has 1 N–H and O–H groups in total. The summed E-state index contributed by atoms with van der Waals surface area (Å²) < 4.78 is 13.2. The fourth-order valence-corrected chi connectivity index (χ4v) is 12.5. The third-order valence-electron chi connectivity index (χ3n) is 14.2. The van der Waals surface area contributed by atoms with Gasteiger partial charge >= 0.3 is 5.97 Å². The number of allylic oxidation sites excluding steroid dienone is 2. The number of hydrogen-bond donors (Lipinski definition) is 1. The first-order valence-electron chi connectivity index (χ1n) is 16.6. The molecule has 4 aliphatic carbocycles. The average molecular weight is 573 g/mol. The molecule has 5 fully saturated rings. The normalized spacial score (nSPS) is 48.5. The second-order valence-corrected chi connectivity index (χ2v) is 22.2. The number of ether oxygens (including phenoxy) is 1. The summed E-state index contributed by atoms with van der Waals surface area (Å²) in [6, 6.07) is 0. The van der Waals surface area contributed by atoms with Crippen molar-refractivity contribution in [1.29, 1.82) is 0 Å². The first-order valence-corrected chi connectivity index (χ1v) is 19.5. The summed E-state index contributed by atoms with van der Waals surface area (Å²) in [5, 5.41) is 12.4.